The molecule has 0 saturated carbocycles. The predicted octanol–water partition coefficient (Wildman–Crippen LogP) is 4.32. The van der Waals surface area contributed by atoms with Crippen LogP contribution in [0.1, 0.15) is 29.5 Å². The Kier molecular flexibility index (Phi) is 4.99. The second-order valence-electron chi connectivity index (χ2n) is 6.70. The van der Waals surface area contributed by atoms with Gasteiger partial charge in [-0.2, -0.15) is 0 Å². The van der Waals surface area contributed by atoms with Gasteiger partial charge in [-0.1, -0.05) is 11.6 Å². The molecule has 2 heterocycles. The SMILES string of the molecule is CCOc1ccc(C(=O)C[n+]2cc(-c3ccc(Cl)cc3)n3c2CCC3)cc1. The Morgan fingerprint density at radius 2 is 1.89 bits per heavy atom. The van der Waals surface area contributed by atoms with Crippen molar-refractivity contribution in [3.05, 3.63) is 71.1 Å². The molecule has 27 heavy (non-hydrogen) atoms. The van der Waals surface area contributed by atoms with Crippen LogP contribution in [0.4, 0.5) is 0 Å². The number of ketones is 1. The lowest BCUT2D eigenvalue weighted by Gasteiger charge is -2.04. The number of halogens is 1. The average Bonchev–Trinajstić information content (AvgIpc) is 3.27. The molecule has 4 rings (SSSR count). The third kappa shape index (κ3) is 3.62. The van der Waals surface area contributed by atoms with Gasteiger partial charge in [0.25, 0.3) is 5.82 Å². The second kappa shape index (κ2) is 7.57. The zero-order valence-electron chi connectivity index (χ0n) is 15.3. The Morgan fingerprint density at radius 3 is 2.59 bits per heavy atom. The highest BCUT2D eigenvalue weighted by Gasteiger charge is 2.29. The maximum absolute atomic E-state index is 12.8. The normalized spacial score (nSPS) is 12.8. The molecule has 0 spiro atoms. The van der Waals surface area contributed by atoms with Crippen LogP contribution in [0.5, 0.6) is 5.75 Å². The van der Waals surface area contributed by atoms with Crippen LogP contribution in [-0.4, -0.2) is 17.0 Å². The first-order valence-electron chi connectivity index (χ1n) is 9.29. The molecular formula is C22H22ClN2O2+. The highest BCUT2D eigenvalue weighted by Crippen LogP contribution is 2.26. The van der Waals surface area contributed by atoms with Gasteiger partial charge in [0.15, 0.2) is 12.2 Å². The fourth-order valence-corrected chi connectivity index (χ4v) is 3.77. The molecule has 5 heteroatoms. The minimum Gasteiger partial charge on any atom is -0.494 e. The van der Waals surface area contributed by atoms with E-state index < -0.39 is 0 Å². The molecule has 0 amide bonds. The quantitative estimate of drug-likeness (QED) is 0.470. The summed E-state index contributed by atoms with van der Waals surface area (Å²) in [7, 11) is 0. The van der Waals surface area contributed by atoms with Crippen LogP contribution in [0.2, 0.25) is 5.02 Å². The summed E-state index contributed by atoms with van der Waals surface area (Å²) >= 11 is 6.02. The maximum Gasteiger partial charge on any atom is 0.257 e. The van der Waals surface area contributed by atoms with Gasteiger partial charge in [-0.15, -0.1) is 0 Å². The van der Waals surface area contributed by atoms with Crippen molar-refractivity contribution in [1.29, 1.82) is 0 Å². The average molecular weight is 382 g/mol. The van der Waals surface area contributed by atoms with Crippen molar-refractivity contribution in [2.45, 2.75) is 32.9 Å². The molecule has 1 aliphatic heterocycles. The molecule has 0 bridgehead atoms. The van der Waals surface area contributed by atoms with E-state index in [0.29, 0.717) is 18.7 Å². The first-order valence-corrected chi connectivity index (χ1v) is 9.67. The van der Waals surface area contributed by atoms with E-state index >= 15 is 0 Å². The third-order valence-corrected chi connectivity index (χ3v) is 5.19. The first-order chi connectivity index (χ1) is 13.2. The molecule has 0 fully saturated rings. The van der Waals surface area contributed by atoms with E-state index in [1.54, 1.807) is 0 Å². The van der Waals surface area contributed by atoms with Gasteiger partial charge >= 0.3 is 0 Å². The number of aromatic nitrogens is 2. The van der Waals surface area contributed by atoms with Crippen molar-refractivity contribution in [2.75, 3.05) is 6.61 Å². The van der Waals surface area contributed by atoms with Crippen LogP contribution in [0.25, 0.3) is 11.3 Å². The largest absolute Gasteiger partial charge is 0.494 e. The molecule has 0 atom stereocenters. The lowest BCUT2D eigenvalue weighted by molar-refractivity contribution is -0.689. The van der Waals surface area contributed by atoms with Gasteiger partial charge in [0.05, 0.1) is 19.6 Å². The van der Waals surface area contributed by atoms with Crippen molar-refractivity contribution < 1.29 is 14.1 Å². The van der Waals surface area contributed by atoms with E-state index in [1.807, 2.05) is 55.5 Å². The van der Waals surface area contributed by atoms with Gasteiger partial charge in [0.1, 0.15) is 11.9 Å². The monoisotopic (exact) mass is 381 g/mol. The highest BCUT2D eigenvalue weighted by atomic mass is 35.5. The topological polar surface area (TPSA) is 35.1 Å². The van der Waals surface area contributed by atoms with Crippen LogP contribution in [-0.2, 0) is 19.5 Å². The molecular weight excluding hydrogens is 360 g/mol. The standard InChI is InChI=1S/C22H22ClN2O2/c1-2-27-19-11-7-17(8-12-19)21(26)15-24-14-20(25-13-3-4-22(24)25)16-5-9-18(23)10-6-16/h5-12,14H,2-4,13,15H2,1H3/q+1. The summed E-state index contributed by atoms with van der Waals surface area (Å²) < 4.78 is 9.86. The Labute approximate surface area is 164 Å². The van der Waals surface area contributed by atoms with Gasteiger partial charge in [-0.3, -0.25) is 4.79 Å². The number of carbonyl (C=O) groups is 1. The van der Waals surface area contributed by atoms with Gasteiger partial charge in [-0.05, 0) is 61.9 Å². The summed E-state index contributed by atoms with van der Waals surface area (Å²) in [5, 5.41) is 0.727. The molecule has 1 aromatic heterocycles. The summed E-state index contributed by atoms with van der Waals surface area (Å²) in [5.41, 5.74) is 2.96. The number of imidazole rings is 1. The number of carbonyl (C=O) groups excluding carboxylic acids is 1. The molecule has 0 saturated heterocycles. The van der Waals surface area contributed by atoms with Crippen LogP contribution < -0.4 is 9.30 Å². The fourth-order valence-electron chi connectivity index (χ4n) is 3.65. The van der Waals surface area contributed by atoms with Gasteiger partial charge in [0, 0.05) is 16.1 Å². The van der Waals surface area contributed by atoms with Crippen LogP contribution in [0.15, 0.2) is 54.7 Å². The number of Topliss-reactive ketones (excluding diaryl/α,β-unsaturated/α-hetero) is 1. The Hall–Kier alpha value is -2.59. The van der Waals surface area contributed by atoms with E-state index in [-0.39, 0.29) is 5.78 Å². The summed E-state index contributed by atoms with van der Waals surface area (Å²) in [6.45, 7) is 3.89. The van der Waals surface area contributed by atoms with Gasteiger partial charge in [-0.25, -0.2) is 9.13 Å². The maximum atomic E-state index is 12.8. The Bertz CT molecular complexity index is 959. The second-order valence-corrected chi connectivity index (χ2v) is 7.14. The number of rotatable bonds is 6. The fraction of sp³-hybridized carbons (Fsp3) is 0.273. The minimum atomic E-state index is 0.103. The van der Waals surface area contributed by atoms with Crippen molar-refractivity contribution in [1.82, 2.24) is 4.57 Å². The predicted molar refractivity (Wildman–Crippen MR) is 105 cm³/mol. The van der Waals surface area contributed by atoms with Gasteiger partial charge in [0.2, 0.25) is 5.78 Å². The molecule has 0 unspecified atom stereocenters. The molecule has 0 aliphatic carbocycles. The Morgan fingerprint density at radius 1 is 1.15 bits per heavy atom. The van der Waals surface area contributed by atoms with E-state index in [0.717, 1.165) is 41.4 Å². The van der Waals surface area contributed by atoms with Crippen LogP contribution in [0.3, 0.4) is 0 Å². The highest BCUT2D eigenvalue weighted by molar-refractivity contribution is 6.30. The zero-order chi connectivity index (χ0) is 18.8. The molecule has 2 aromatic carbocycles. The van der Waals surface area contributed by atoms with E-state index in [9.17, 15) is 4.79 Å². The lowest BCUT2D eigenvalue weighted by Crippen LogP contribution is -2.40. The van der Waals surface area contributed by atoms with Crippen LogP contribution >= 0.6 is 11.6 Å². The molecule has 0 N–H and O–H groups in total. The first kappa shape index (κ1) is 17.8. The molecule has 0 radical (unpaired) electrons. The van der Waals surface area contributed by atoms with Crippen molar-refractivity contribution >= 4 is 17.4 Å². The third-order valence-electron chi connectivity index (χ3n) is 4.94. The number of nitrogens with zero attached hydrogens (tertiary/aromatic N) is 2. The summed E-state index contributed by atoms with van der Waals surface area (Å²) in [6, 6.07) is 15.2. The van der Waals surface area contributed by atoms with Crippen molar-refractivity contribution in [3.63, 3.8) is 0 Å². The molecule has 1 aliphatic rings. The number of ether oxygens (including phenoxy) is 1. The number of benzene rings is 2. The summed E-state index contributed by atoms with van der Waals surface area (Å²) in [6.07, 6.45) is 4.18. The van der Waals surface area contributed by atoms with E-state index in [1.165, 1.54) is 5.82 Å². The van der Waals surface area contributed by atoms with Crippen LogP contribution in [0, 0.1) is 0 Å². The molecule has 138 valence electrons. The van der Waals surface area contributed by atoms with Gasteiger partial charge < -0.3 is 4.74 Å². The van der Waals surface area contributed by atoms with Crippen molar-refractivity contribution in [3.8, 4) is 17.0 Å². The molecule has 3 aromatic rings. The Balaban J connectivity index is 1.60. The number of hydrogen-bond acceptors (Lipinski definition) is 2. The number of fused-ring (bicyclic) bond motifs is 1. The smallest absolute Gasteiger partial charge is 0.257 e. The summed E-state index contributed by atoms with van der Waals surface area (Å²) in [5.74, 6) is 2.10. The molecule has 4 nitrogen and oxygen atoms in total. The lowest BCUT2D eigenvalue weighted by atomic mass is 10.1. The minimum absolute atomic E-state index is 0.103. The van der Waals surface area contributed by atoms with E-state index in [2.05, 4.69) is 15.3 Å². The van der Waals surface area contributed by atoms with Crippen molar-refractivity contribution in [2.24, 2.45) is 0 Å². The summed E-state index contributed by atoms with van der Waals surface area (Å²) in [4.78, 5) is 12.8. The number of hydrogen-bond donors (Lipinski definition) is 0. The van der Waals surface area contributed by atoms with E-state index in [4.69, 9.17) is 16.3 Å². The zero-order valence-corrected chi connectivity index (χ0v) is 16.1.